The van der Waals surface area contributed by atoms with Crippen LogP contribution in [0.3, 0.4) is 0 Å². The molecule has 0 amide bonds. The molecule has 1 aliphatic rings. The zero-order valence-corrected chi connectivity index (χ0v) is 14.2. The van der Waals surface area contributed by atoms with Crippen LogP contribution < -0.4 is 15.3 Å². The summed E-state index contributed by atoms with van der Waals surface area (Å²) in [5.41, 5.74) is 2.34. The summed E-state index contributed by atoms with van der Waals surface area (Å²) in [7, 11) is 0. The molecule has 7 heteroatoms. The number of anilines is 1. The lowest BCUT2D eigenvalue weighted by molar-refractivity contribution is 0.285. The molecule has 3 heterocycles. The normalized spacial score (nSPS) is 13.9. The molecule has 0 unspecified atom stereocenters. The predicted octanol–water partition coefficient (Wildman–Crippen LogP) is 3.72. The lowest BCUT2D eigenvalue weighted by atomic mass is 10.0. The van der Waals surface area contributed by atoms with Gasteiger partial charge in [0.25, 0.3) is 0 Å². The van der Waals surface area contributed by atoms with Crippen LogP contribution >= 0.6 is 11.6 Å². The van der Waals surface area contributed by atoms with Gasteiger partial charge in [0.15, 0.2) is 12.5 Å². The van der Waals surface area contributed by atoms with Gasteiger partial charge in [-0.05, 0) is 32.4 Å². The van der Waals surface area contributed by atoms with Crippen molar-refractivity contribution in [2.24, 2.45) is 0 Å². The average Bonchev–Trinajstić information content (AvgIpc) is 3.00. The number of hydrogen-bond donors (Lipinski definition) is 0. The summed E-state index contributed by atoms with van der Waals surface area (Å²) in [5.74, 6) is 1.93. The number of fused-ring (bicyclic) bond motifs is 3. The Balaban J connectivity index is 1.92. The summed E-state index contributed by atoms with van der Waals surface area (Å²) in [6.07, 6.45) is 0. The van der Waals surface area contributed by atoms with Crippen molar-refractivity contribution in [2.75, 3.05) is 11.6 Å². The molecule has 0 fully saturated rings. The molecule has 0 atom stereocenters. The van der Waals surface area contributed by atoms with Gasteiger partial charge in [0.05, 0.1) is 17.1 Å². The highest BCUT2D eigenvalue weighted by Gasteiger charge is 2.26. The van der Waals surface area contributed by atoms with Crippen LogP contribution in [0.15, 0.2) is 25.9 Å². The molecule has 1 aromatic carbocycles. The predicted molar refractivity (Wildman–Crippen MR) is 89.9 cm³/mol. The summed E-state index contributed by atoms with van der Waals surface area (Å²) >= 11 is 6.39. The lowest BCUT2D eigenvalue weighted by Crippen LogP contribution is -2.32. The largest absolute Gasteiger partial charge is 0.471 e. The molecule has 0 N–H and O–H groups in total. The first kappa shape index (κ1) is 15.1. The van der Waals surface area contributed by atoms with E-state index in [0.717, 1.165) is 16.5 Å². The van der Waals surface area contributed by atoms with E-state index in [1.54, 1.807) is 13.0 Å². The van der Waals surface area contributed by atoms with Gasteiger partial charge >= 0.3 is 5.63 Å². The third-order valence-electron chi connectivity index (χ3n) is 4.40. The van der Waals surface area contributed by atoms with E-state index < -0.39 is 0 Å². The first-order valence-electron chi connectivity index (χ1n) is 7.52. The molecular weight excluding hydrogens is 332 g/mol. The molecule has 0 bridgehead atoms. The van der Waals surface area contributed by atoms with Crippen LogP contribution in [0.25, 0.3) is 11.0 Å². The van der Waals surface area contributed by atoms with E-state index in [0.29, 0.717) is 46.8 Å². The molecule has 0 aliphatic carbocycles. The molecule has 0 radical (unpaired) electrons. The zero-order chi connectivity index (χ0) is 17.0. The topological polar surface area (TPSA) is 68.7 Å². The fourth-order valence-corrected chi connectivity index (χ4v) is 3.19. The molecule has 2 aromatic heterocycles. The summed E-state index contributed by atoms with van der Waals surface area (Å²) < 4.78 is 16.5. The number of benzene rings is 1. The minimum absolute atomic E-state index is 0.291. The van der Waals surface area contributed by atoms with E-state index in [-0.39, 0.29) is 5.63 Å². The highest BCUT2D eigenvalue weighted by Crippen LogP contribution is 2.40. The van der Waals surface area contributed by atoms with Crippen molar-refractivity contribution in [1.82, 2.24) is 5.16 Å². The van der Waals surface area contributed by atoms with Crippen LogP contribution in [0.1, 0.15) is 22.5 Å². The van der Waals surface area contributed by atoms with Crippen LogP contribution in [0, 0.1) is 20.8 Å². The molecule has 3 aromatic rings. The third kappa shape index (κ3) is 2.17. The Bertz CT molecular complexity index is 1020. The molecule has 1 aliphatic heterocycles. The van der Waals surface area contributed by atoms with E-state index in [2.05, 4.69) is 5.16 Å². The molecule has 4 rings (SSSR count). The number of hydrogen-bond acceptors (Lipinski definition) is 6. The van der Waals surface area contributed by atoms with Crippen LogP contribution in [-0.4, -0.2) is 11.9 Å². The molecule has 6 nitrogen and oxygen atoms in total. The van der Waals surface area contributed by atoms with Gasteiger partial charge in [-0.15, -0.1) is 0 Å². The fraction of sp³-hybridized carbons (Fsp3) is 0.294. The second-order valence-corrected chi connectivity index (χ2v) is 6.36. The highest BCUT2D eigenvalue weighted by molar-refractivity contribution is 6.33. The second-order valence-electron chi connectivity index (χ2n) is 5.95. The minimum Gasteiger partial charge on any atom is -0.471 e. The van der Waals surface area contributed by atoms with Gasteiger partial charge in [0, 0.05) is 17.0 Å². The lowest BCUT2D eigenvalue weighted by Gasteiger charge is -2.29. The van der Waals surface area contributed by atoms with Crippen LogP contribution in [-0.2, 0) is 6.54 Å². The third-order valence-corrected chi connectivity index (χ3v) is 4.68. The smallest absolute Gasteiger partial charge is 0.339 e. The summed E-state index contributed by atoms with van der Waals surface area (Å²) in [5, 5.41) is 5.33. The Morgan fingerprint density at radius 2 is 2.00 bits per heavy atom. The van der Waals surface area contributed by atoms with Gasteiger partial charge < -0.3 is 18.6 Å². The van der Waals surface area contributed by atoms with E-state index in [1.807, 2.05) is 24.8 Å². The standard InChI is InChI=1S/C17H15ClN2O4/c1-8-4-14(19-24-8)20-6-12-15-11(5-13(18)16(12)22-7-20)9(2)10(3)17(21)23-15/h4-5H,6-7H2,1-3H3. The van der Waals surface area contributed by atoms with Gasteiger partial charge in [-0.1, -0.05) is 16.8 Å². The number of ether oxygens (including phenoxy) is 1. The monoisotopic (exact) mass is 346 g/mol. The van der Waals surface area contributed by atoms with E-state index in [1.165, 1.54) is 0 Å². The average molecular weight is 347 g/mol. The maximum atomic E-state index is 12.1. The number of aryl methyl sites for hydroxylation is 2. The van der Waals surface area contributed by atoms with Crippen LogP contribution in [0.4, 0.5) is 5.82 Å². The van der Waals surface area contributed by atoms with Crippen LogP contribution in [0.2, 0.25) is 5.02 Å². The quantitative estimate of drug-likeness (QED) is 0.625. The molecule has 0 spiro atoms. The molecule has 24 heavy (non-hydrogen) atoms. The number of halogens is 1. The van der Waals surface area contributed by atoms with Gasteiger partial charge in [-0.3, -0.25) is 0 Å². The van der Waals surface area contributed by atoms with Crippen molar-refractivity contribution in [3.63, 3.8) is 0 Å². The van der Waals surface area contributed by atoms with E-state index in [9.17, 15) is 4.79 Å². The molecular formula is C17H15ClN2O4. The number of rotatable bonds is 1. The summed E-state index contributed by atoms with van der Waals surface area (Å²) in [6.45, 7) is 6.21. The Kier molecular flexibility index (Phi) is 3.31. The Morgan fingerprint density at radius 1 is 1.21 bits per heavy atom. The first-order chi connectivity index (χ1) is 11.5. The number of nitrogens with zero attached hydrogens (tertiary/aromatic N) is 2. The van der Waals surface area contributed by atoms with Gasteiger partial charge in [0.1, 0.15) is 17.1 Å². The van der Waals surface area contributed by atoms with Gasteiger partial charge in [0.2, 0.25) is 0 Å². The van der Waals surface area contributed by atoms with Crippen LogP contribution in [0.5, 0.6) is 5.75 Å². The van der Waals surface area contributed by atoms with E-state index >= 15 is 0 Å². The fourth-order valence-electron chi connectivity index (χ4n) is 2.92. The van der Waals surface area contributed by atoms with Gasteiger partial charge in [-0.2, -0.15) is 0 Å². The van der Waals surface area contributed by atoms with Crippen molar-refractivity contribution in [3.8, 4) is 5.75 Å². The van der Waals surface area contributed by atoms with Crippen molar-refractivity contribution < 1.29 is 13.7 Å². The van der Waals surface area contributed by atoms with Crippen molar-refractivity contribution >= 4 is 28.4 Å². The van der Waals surface area contributed by atoms with Gasteiger partial charge in [-0.25, -0.2) is 4.79 Å². The zero-order valence-electron chi connectivity index (χ0n) is 13.5. The Labute approximate surface area is 142 Å². The Hall–Kier alpha value is -2.47. The maximum absolute atomic E-state index is 12.1. The SMILES string of the molecule is Cc1cc(N2COc3c(Cl)cc4c(C)c(C)c(=O)oc4c3C2)no1. The molecule has 124 valence electrons. The van der Waals surface area contributed by atoms with Crippen molar-refractivity contribution in [3.05, 3.63) is 50.0 Å². The highest BCUT2D eigenvalue weighted by atomic mass is 35.5. The van der Waals surface area contributed by atoms with Crippen molar-refractivity contribution in [2.45, 2.75) is 27.3 Å². The summed E-state index contributed by atoms with van der Waals surface area (Å²) in [6, 6.07) is 3.61. The van der Waals surface area contributed by atoms with Crippen molar-refractivity contribution in [1.29, 1.82) is 0 Å². The second kappa shape index (κ2) is 5.27. The summed E-state index contributed by atoms with van der Waals surface area (Å²) in [4.78, 5) is 14.0. The molecule has 0 saturated carbocycles. The number of aromatic nitrogens is 1. The molecule has 0 saturated heterocycles. The maximum Gasteiger partial charge on any atom is 0.339 e. The Morgan fingerprint density at radius 3 is 2.71 bits per heavy atom. The van der Waals surface area contributed by atoms with E-state index in [4.69, 9.17) is 25.3 Å². The minimum atomic E-state index is -0.348. The first-order valence-corrected chi connectivity index (χ1v) is 7.90.